The standard InChI is InChI=1S/C62H123NO8/c1-3-5-7-9-11-13-15-17-19-21-23-25-26-27-28-29-30-32-33-35-37-39-41-43-45-47-49-51-56(65)55(54-70-62-61(69)60(68)59(67)57(53-64)71-62)63-58(66)52-50-48-46-44-42-40-38-36-34-31-24-22-20-18-16-14-12-10-8-6-4-2/h55-57,59-62,64-65,67-69H,3-54H2,1-2H3,(H,63,66). The Morgan fingerprint density at radius 2 is 0.704 bits per heavy atom. The average Bonchev–Trinajstić information content (AvgIpc) is 3.37. The molecule has 1 aliphatic rings. The van der Waals surface area contributed by atoms with Crippen LogP contribution >= 0.6 is 0 Å². The van der Waals surface area contributed by atoms with E-state index in [1.54, 1.807) is 0 Å². The summed E-state index contributed by atoms with van der Waals surface area (Å²) in [7, 11) is 0. The molecule has 9 nitrogen and oxygen atoms in total. The first-order valence-electron chi connectivity index (χ1n) is 31.7. The molecule has 0 aromatic carbocycles. The van der Waals surface area contributed by atoms with Gasteiger partial charge in [0.15, 0.2) is 6.29 Å². The van der Waals surface area contributed by atoms with Gasteiger partial charge in [-0.05, 0) is 12.8 Å². The summed E-state index contributed by atoms with van der Waals surface area (Å²) < 4.78 is 11.3. The Labute approximate surface area is 440 Å². The molecule has 424 valence electrons. The summed E-state index contributed by atoms with van der Waals surface area (Å²) in [5, 5.41) is 54.8. The van der Waals surface area contributed by atoms with Crippen molar-refractivity contribution in [1.29, 1.82) is 0 Å². The molecule has 1 rings (SSSR count). The molecule has 0 spiro atoms. The summed E-state index contributed by atoms with van der Waals surface area (Å²) in [5.74, 6) is -0.135. The van der Waals surface area contributed by atoms with Crippen molar-refractivity contribution < 1.29 is 39.8 Å². The molecule has 0 bridgehead atoms. The van der Waals surface area contributed by atoms with Crippen LogP contribution in [0.4, 0.5) is 0 Å². The average molecular weight is 1010 g/mol. The number of unbranched alkanes of at least 4 members (excludes halogenated alkanes) is 46. The zero-order chi connectivity index (χ0) is 51.5. The Morgan fingerprint density at radius 1 is 0.423 bits per heavy atom. The maximum absolute atomic E-state index is 13.1. The number of hydrogen-bond acceptors (Lipinski definition) is 8. The molecular formula is C62H123NO8. The number of rotatable bonds is 56. The zero-order valence-electron chi connectivity index (χ0n) is 47.3. The second kappa shape index (κ2) is 52.6. The highest BCUT2D eigenvalue weighted by Crippen LogP contribution is 2.24. The largest absolute Gasteiger partial charge is 0.394 e. The molecule has 7 atom stereocenters. The van der Waals surface area contributed by atoms with Gasteiger partial charge in [-0.25, -0.2) is 0 Å². The van der Waals surface area contributed by atoms with Gasteiger partial charge in [0.05, 0.1) is 25.4 Å². The van der Waals surface area contributed by atoms with E-state index in [2.05, 4.69) is 19.2 Å². The molecule has 9 heteroatoms. The molecule has 1 aliphatic heterocycles. The van der Waals surface area contributed by atoms with Gasteiger partial charge in [-0.15, -0.1) is 0 Å². The van der Waals surface area contributed by atoms with Crippen LogP contribution in [-0.4, -0.2) is 87.5 Å². The first kappa shape index (κ1) is 68.2. The Morgan fingerprint density at radius 3 is 1.00 bits per heavy atom. The number of carbonyl (C=O) groups excluding carboxylic acids is 1. The van der Waals surface area contributed by atoms with Crippen molar-refractivity contribution in [2.75, 3.05) is 13.2 Å². The van der Waals surface area contributed by atoms with Gasteiger partial charge in [0.1, 0.15) is 24.4 Å². The molecule has 0 aromatic rings. The summed E-state index contributed by atoms with van der Waals surface area (Å²) in [5.41, 5.74) is 0. The van der Waals surface area contributed by atoms with Crippen molar-refractivity contribution in [1.82, 2.24) is 5.32 Å². The molecule has 0 aromatic heterocycles. The van der Waals surface area contributed by atoms with Gasteiger partial charge in [-0.1, -0.05) is 316 Å². The highest BCUT2D eigenvalue weighted by atomic mass is 16.7. The van der Waals surface area contributed by atoms with Gasteiger partial charge in [-0.2, -0.15) is 0 Å². The molecule has 71 heavy (non-hydrogen) atoms. The van der Waals surface area contributed by atoms with Gasteiger partial charge in [0.2, 0.25) is 5.91 Å². The second-order valence-electron chi connectivity index (χ2n) is 22.6. The van der Waals surface area contributed by atoms with E-state index in [1.807, 2.05) is 0 Å². The summed E-state index contributed by atoms with van der Waals surface area (Å²) in [6.45, 7) is 3.90. The lowest BCUT2D eigenvalue weighted by molar-refractivity contribution is -0.302. The molecule has 7 unspecified atom stereocenters. The quantitative estimate of drug-likeness (QED) is 0.0330. The van der Waals surface area contributed by atoms with E-state index >= 15 is 0 Å². The highest BCUT2D eigenvalue weighted by molar-refractivity contribution is 5.76. The Balaban J connectivity index is 2.14. The van der Waals surface area contributed by atoms with Crippen LogP contribution in [0.2, 0.25) is 0 Å². The van der Waals surface area contributed by atoms with Crippen LogP contribution in [0.1, 0.15) is 335 Å². The third kappa shape index (κ3) is 42.0. The van der Waals surface area contributed by atoms with Crippen LogP contribution in [0.3, 0.4) is 0 Å². The number of carbonyl (C=O) groups is 1. The first-order chi connectivity index (χ1) is 34.8. The minimum Gasteiger partial charge on any atom is -0.394 e. The lowest BCUT2D eigenvalue weighted by Gasteiger charge is -2.40. The van der Waals surface area contributed by atoms with E-state index < -0.39 is 49.5 Å². The second-order valence-corrected chi connectivity index (χ2v) is 22.6. The zero-order valence-corrected chi connectivity index (χ0v) is 47.3. The minimum absolute atomic E-state index is 0.131. The highest BCUT2D eigenvalue weighted by Gasteiger charge is 2.44. The minimum atomic E-state index is -1.55. The first-order valence-corrected chi connectivity index (χ1v) is 31.7. The fraction of sp³-hybridized carbons (Fsp3) is 0.984. The smallest absolute Gasteiger partial charge is 0.220 e. The SMILES string of the molecule is CCCCCCCCCCCCCCCCCCCCCCCCCCCCCC(O)C(COC1OC(CO)C(O)C(O)C1O)NC(=O)CCCCCCCCCCCCCCCCCCCCCCC. The van der Waals surface area contributed by atoms with Crippen molar-refractivity contribution in [2.45, 2.75) is 378 Å². The number of ether oxygens (including phenoxy) is 2. The van der Waals surface area contributed by atoms with Gasteiger partial charge in [-0.3, -0.25) is 4.79 Å². The summed E-state index contributed by atoms with van der Waals surface area (Å²) in [4.78, 5) is 13.1. The van der Waals surface area contributed by atoms with E-state index in [-0.39, 0.29) is 12.5 Å². The molecule has 0 radical (unpaired) electrons. The maximum Gasteiger partial charge on any atom is 0.220 e. The number of hydrogen-bond donors (Lipinski definition) is 6. The van der Waals surface area contributed by atoms with Crippen molar-refractivity contribution in [3.63, 3.8) is 0 Å². The van der Waals surface area contributed by atoms with Crippen LogP contribution in [0.15, 0.2) is 0 Å². The van der Waals surface area contributed by atoms with Crippen molar-refractivity contribution in [3.8, 4) is 0 Å². The van der Waals surface area contributed by atoms with Gasteiger partial charge in [0, 0.05) is 6.42 Å². The maximum atomic E-state index is 13.1. The van der Waals surface area contributed by atoms with E-state index in [1.165, 1.54) is 270 Å². The third-order valence-corrected chi connectivity index (χ3v) is 15.7. The number of aliphatic hydroxyl groups is 5. The normalized spacial score (nSPS) is 19.1. The third-order valence-electron chi connectivity index (χ3n) is 15.7. The fourth-order valence-corrected chi connectivity index (χ4v) is 10.7. The molecule has 0 saturated carbocycles. The summed E-state index contributed by atoms with van der Waals surface area (Å²) in [6, 6.07) is -0.714. The molecule has 0 aliphatic carbocycles. The van der Waals surface area contributed by atoms with Crippen LogP contribution in [-0.2, 0) is 14.3 Å². The Kier molecular flexibility index (Phi) is 50.6. The summed E-state index contributed by atoms with van der Waals surface area (Å²) >= 11 is 0. The molecule has 6 N–H and O–H groups in total. The van der Waals surface area contributed by atoms with Crippen LogP contribution in [0, 0.1) is 0 Å². The Bertz CT molecular complexity index is 1080. The van der Waals surface area contributed by atoms with E-state index in [0.29, 0.717) is 12.8 Å². The topological polar surface area (TPSA) is 149 Å². The van der Waals surface area contributed by atoms with Crippen molar-refractivity contribution in [2.24, 2.45) is 0 Å². The van der Waals surface area contributed by atoms with E-state index in [0.717, 1.165) is 38.5 Å². The monoisotopic (exact) mass is 1010 g/mol. The lowest BCUT2D eigenvalue weighted by Crippen LogP contribution is -2.60. The molecule has 1 heterocycles. The summed E-state index contributed by atoms with van der Waals surface area (Å²) in [6.07, 6.45) is 57.2. The molecule has 1 fully saturated rings. The molecule has 1 saturated heterocycles. The van der Waals surface area contributed by atoms with E-state index in [9.17, 15) is 30.3 Å². The number of amides is 1. The van der Waals surface area contributed by atoms with Crippen LogP contribution < -0.4 is 5.32 Å². The van der Waals surface area contributed by atoms with Crippen LogP contribution in [0.25, 0.3) is 0 Å². The van der Waals surface area contributed by atoms with Gasteiger partial charge >= 0.3 is 0 Å². The fourth-order valence-electron chi connectivity index (χ4n) is 10.7. The van der Waals surface area contributed by atoms with E-state index in [4.69, 9.17) is 9.47 Å². The van der Waals surface area contributed by atoms with Gasteiger partial charge < -0.3 is 40.3 Å². The van der Waals surface area contributed by atoms with Crippen molar-refractivity contribution in [3.05, 3.63) is 0 Å². The van der Waals surface area contributed by atoms with Gasteiger partial charge in [0.25, 0.3) is 0 Å². The predicted octanol–water partition coefficient (Wildman–Crippen LogP) is 16.2. The number of nitrogens with one attached hydrogen (secondary N) is 1. The Hall–Kier alpha value is -0.810. The lowest BCUT2D eigenvalue weighted by atomic mass is 9.99. The molecular weight excluding hydrogens is 887 g/mol. The molecule has 1 amide bonds. The van der Waals surface area contributed by atoms with Crippen molar-refractivity contribution >= 4 is 5.91 Å². The predicted molar refractivity (Wildman–Crippen MR) is 300 cm³/mol. The number of aliphatic hydroxyl groups excluding tert-OH is 5. The van der Waals surface area contributed by atoms with Crippen LogP contribution in [0.5, 0.6) is 0 Å².